The fourth-order valence-electron chi connectivity index (χ4n) is 4.20. The van der Waals surface area contributed by atoms with Crippen LogP contribution in [0.25, 0.3) is 0 Å². The first-order valence-corrected chi connectivity index (χ1v) is 11.3. The van der Waals surface area contributed by atoms with Crippen molar-refractivity contribution in [1.82, 2.24) is 0 Å². The summed E-state index contributed by atoms with van der Waals surface area (Å²) in [6.07, 6.45) is 0. The maximum absolute atomic E-state index is 13.0. The predicted octanol–water partition coefficient (Wildman–Crippen LogP) is 7.28. The lowest BCUT2D eigenvalue weighted by Gasteiger charge is -2.39. The van der Waals surface area contributed by atoms with Gasteiger partial charge in [0.25, 0.3) is 0 Å². The number of phenols is 2. The first kappa shape index (κ1) is 23.5. The molecule has 0 saturated heterocycles. The van der Waals surface area contributed by atoms with E-state index < -0.39 is 60.4 Å². The van der Waals surface area contributed by atoms with E-state index in [0.29, 0.717) is 0 Å². The van der Waals surface area contributed by atoms with Crippen molar-refractivity contribution in [2.24, 2.45) is 0 Å². The molecule has 13 heteroatoms. The van der Waals surface area contributed by atoms with Gasteiger partial charge in [0.1, 0.15) is 15.1 Å². The molecule has 0 amide bonds. The average molecular weight is 583 g/mol. The van der Waals surface area contributed by atoms with Crippen molar-refractivity contribution in [1.29, 1.82) is 0 Å². The van der Waals surface area contributed by atoms with E-state index in [1.807, 2.05) is 0 Å². The van der Waals surface area contributed by atoms with Gasteiger partial charge in [-0.3, -0.25) is 0 Å². The zero-order valence-electron chi connectivity index (χ0n) is 16.0. The molecule has 0 radical (unpaired) electrons. The molecule has 0 aliphatic carbocycles. The minimum Gasteiger partial charge on any atom is -0.505 e. The van der Waals surface area contributed by atoms with Crippen LogP contribution in [0.15, 0.2) is 18.2 Å². The Morgan fingerprint density at radius 3 is 2.00 bits per heavy atom. The monoisotopic (exact) mass is 580 g/mol. The van der Waals surface area contributed by atoms with Gasteiger partial charge in [0.2, 0.25) is 0 Å². The lowest BCUT2D eigenvalue weighted by Crippen LogP contribution is -2.36. The van der Waals surface area contributed by atoms with Gasteiger partial charge < -0.3 is 24.8 Å². The number of hydrogen-bond donors (Lipinski definition) is 3. The summed E-state index contributed by atoms with van der Waals surface area (Å²) < 4.78 is 11.6. The summed E-state index contributed by atoms with van der Waals surface area (Å²) in [5, 5.41) is 28.4. The van der Waals surface area contributed by atoms with Gasteiger partial charge in [-0.05, 0) is 12.1 Å². The third-order valence-electron chi connectivity index (χ3n) is 5.52. The third kappa shape index (κ3) is 2.74. The van der Waals surface area contributed by atoms with E-state index >= 15 is 0 Å². The number of rotatable bonds is 1. The Morgan fingerprint density at radius 1 is 0.794 bits per heavy atom. The van der Waals surface area contributed by atoms with E-state index in [1.54, 1.807) is 0 Å². The second kappa shape index (κ2) is 7.62. The molecule has 1 unspecified atom stereocenters. The van der Waals surface area contributed by atoms with Crippen LogP contribution in [0.1, 0.15) is 37.4 Å². The number of carbonyl (C=O) groups is 2. The lowest BCUT2D eigenvalue weighted by molar-refractivity contribution is 0.0216. The van der Waals surface area contributed by atoms with E-state index in [-0.39, 0.29) is 38.0 Å². The molecule has 0 bridgehead atoms. The summed E-state index contributed by atoms with van der Waals surface area (Å²) >= 11 is 38.0. The van der Waals surface area contributed by atoms with E-state index in [4.69, 9.17) is 79.1 Å². The van der Waals surface area contributed by atoms with Crippen LogP contribution in [0.5, 0.6) is 23.0 Å². The number of halogens is 6. The number of esters is 1. The molecule has 0 aromatic heterocycles. The number of carboxylic acid groups (broad SMARTS) is 1. The second-order valence-electron chi connectivity index (χ2n) is 7.19. The molecule has 34 heavy (non-hydrogen) atoms. The highest BCUT2D eigenvalue weighted by Crippen LogP contribution is 2.66. The normalized spacial score (nSPS) is 17.6. The predicted molar refractivity (Wildman–Crippen MR) is 125 cm³/mol. The topological polar surface area (TPSA) is 113 Å². The van der Waals surface area contributed by atoms with Crippen LogP contribution in [0.4, 0.5) is 0 Å². The second-order valence-corrected chi connectivity index (χ2v) is 9.49. The largest absolute Gasteiger partial charge is 0.505 e. The molecular weight excluding hydrogens is 577 g/mol. The summed E-state index contributed by atoms with van der Waals surface area (Å²) in [5.41, 5.74) is -3.61. The fraction of sp³-hybridized carbons (Fsp3) is 0.0476. The van der Waals surface area contributed by atoms with Crippen molar-refractivity contribution in [3.05, 3.63) is 76.2 Å². The highest BCUT2D eigenvalue weighted by molar-refractivity contribution is 6.46. The van der Waals surface area contributed by atoms with Crippen LogP contribution >= 0.6 is 69.6 Å². The Bertz CT molecular complexity index is 1500. The third-order valence-corrected chi connectivity index (χ3v) is 7.75. The number of phenolic OH excluding ortho intramolecular Hbond substituents is 2. The number of fused-ring (bicyclic) bond motifs is 6. The molecule has 174 valence electrons. The Morgan fingerprint density at radius 2 is 1.38 bits per heavy atom. The molecular formula is C21H6Cl6O7. The van der Waals surface area contributed by atoms with E-state index in [1.165, 1.54) is 18.2 Å². The smallest absolute Gasteiger partial charge is 0.340 e. The van der Waals surface area contributed by atoms with Crippen molar-refractivity contribution < 1.29 is 34.4 Å². The Kier molecular flexibility index (Phi) is 5.26. The van der Waals surface area contributed by atoms with Crippen LogP contribution in [0.3, 0.4) is 0 Å². The lowest BCUT2D eigenvalue weighted by atomic mass is 9.75. The van der Waals surface area contributed by atoms with Crippen molar-refractivity contribution >= 4 is 81.5 Å². The molecule has 2 aliphatic rings. The van der Waals surface area contributed by atoms with Crippen molar-refractivity contribution in [3.63, 3.8) is 0 Å². The van der Waals surface area contributed by atoms with E-state index in [2.05, 4.69) is 0 Å². The summed E-state index contributed by atoms with van der Waals surface area (Å²) in [5.74, 6) is -4.83. The molecule has 1 atom stereocenters. The first-order chi connectivity index (χ1) is 15.9. The minimum atomic E-state index is -2.24. The number of aromatic hydroxyl groups is 2. The molecule has 3 aromatic carbocycles. The van der Waals surface area contributed by atoms with Crippen LogP contribution in [0, 0.1) is 0 Å². The highest BCUT2D eigenvalue weighted by Gasteiger charge is 2.59. The molecule has 3 N–H and O–H groups in total. The Hall–Kier alpha value is -2.26. The number of aromatic carboxylic acids is 1. The number of carbonyl (C=O) groups excluding carboxylic acids is 1. The zero-order valence-corrected chi connectivity index (χ0v) is 20.5. The number of ether oxygens (including phenoxy) is 2. The van der Waals surface area contributed by atoms with Gasteiger partial charge in [0.15, 0.2) is 28.6 Å². The van der Waals surface area contributed by atoms with Crippen molar-refractivity contribution in [3.8, 4) is 23.0 Å². The average Bonchev–Trinajstić information content (AvgIpc) is 3.08. The molecule has 7 nitrogen and oxygen atoms in total. The van der Waals surface area contributed by atoms with Gasteiger partial charge in [-0.2, -0.15) is 0 Å². The molecule has 1 spiro atoms. The zero-order chi connectivity index (χ0) is 24.9. The van der Waals surface area contributed by atoms with Gasteiger partial charge in [-0.25, -0.2) is 9.59 Å². The van der Waals surface area contributed by atoms with Crippen LogP contribution in [-0.4, -0.2) is 27.3 Å². The Labute approximate surface area is 219 Å². The first-order valence-electron chi connectivity index (χ1n) is 9.02. The maximum Gasteiger partial charge on any atom is 0.340 e. The van der Waals surface area contributed by atoms with Crippen LogP contribution in [0.2, 0.25) is 30.1 Å². The van der Waals surface area contributed by atoms with Crippen LogP contribution < -0.4 is 4.74 Å². The highest BCUT2D eigenvalue weighted by atomic mass is 35.5. The van der Waals surface area contributed by atoms with Crippen LogP contribution in [-0.2, 0) is 10.3 Å². The van der Waals surface area contributed by atoms with E-state index in [9.17, 15) is 24.9 Å². The van der Waals surface area contributed by atoms with Gasteiger partial charge in [-0.1, -0.05) is 75.7 Å². The number of benzene rings is 3. The fourth-order valence-corrected chi connectivity index (χ4v) is 5.83. The standard InChI is InChI=1S/C21H6Cl6O7/c22-5-3-1-2-4-7(5)21(34-20(4)32)8-6(19(30)31)10(23)15(28)13(26)17(8)33-18-9(21)11(24)12(25)16(29)14(18)27/h1-3,28-29H,(H,30,31). The SMILES string of the molecule is O=C1OC2(c3c(Cl)cccc31)c1c(Cl)c(Cl)c(O)c(Cl)c1Oc1c(Cl)c(O)c(Cl)c(C(=O)O)c12. The van der Waals surface area contributed by atoms with Gasteiger partial charge in [0.05, 0.1) is 32.3 Å². The maximum atomic E-state index is 13.0. The summed E-state index contributed by atoms with van der Waals surface area (Å²) in [6.45, 7) is 0. The molecule has 0 fully saturated rings. The van der Waals surface area contributed by atoms with Gasteiger partial charge >= 0.3 is 11.9 Å². The summed E-state index contributed by atoms with van der Waals surface area (Å²) in [6, 6.07) is 4.31. The quantitative estimate of drug-likeness (QED) is 0.204. The Balaban J connectivity index is 2.12. The van der Waals surface area contributed by atoms with Crippen molar-refractivity contribution in [2.45, 2.75) is 5.60 Å². The summed E-state index contributed by atoms with van der Waals surface area (Å²) in [4.78, 5) is 25.4. The molecule has 3 aromatic rings. The molecule has 0 saturated carbocycles. The molecule has 2 heterocycles. The molecule has 2 aliphatic heterocycles. The van der Waals surface area contributed by atoms with Gasteiger partial charge in [-0.15, -0.1) is 0 Å². The number of carboxylic acids is 1. The van der Waals surface area contributed by atoms with Crippen molar-refractivity contribution in [2.75, 3.05) is 0 Å². The number of hydrogen-bond acceptors (Lipinski definition) is 6. The summed E-state index contributed by atoms with van der Waals surface area (Å²) in [7, 11) is 0. The van der Waals surface area contributed by atoms with E-state index in [0.717, 1.165) is 0 Å². The molecule has 5 rings (SSSR count). The minimum absolute atomic E-state index is 0.0183. The van der Waals surface area contributed by atoms with Gasteiger partial charge in [0, 0.05) is 10.6 Å².